The van der Waals surface area contributed by atoms with Crippen molar-refractivity contribution in [2.24, 2.45) is 22.7 Å². The Morgan fingerprint density at radius 3 is 2.02 bits per heavy atom. The van der Waals surface area contributed by atoms with Crippen LogP contribution in [0.15, 0.2) is 24.3 Å². The van der Waals surface area contributed by atoms with Crippen molar-refractivity contribution in [1.82, 2.24) is 10.6 Å². The average molecular weight is 587 g/mol. The number of benzene rings is 1. The topological polar surface area (TPSA) is 140 Å². The first-order valence-electron chi connectivity index (χ1n) is 14.9. The van der Waals surface area contributed by atoms with E-state index in [2.05, 4.69) is 10.6 Å². The Morgan fingerprint density at radius 2 is 1.48 bits per heavy atom. The molecule has 0 heterocycles. The number of carboxylic acids is 1. The van der Waals surface area contributed by atoms with Crippen LogP contribution in [-0.2, 0) is 25.5 Å². The SMILES string of the molecule is CC(C)(C)OC(=O)N[C@@H](Cc1ccc(OC(=O)OC(C)(C)C)cc1)C(=O)NCC12C[C@H]3C[C@@H](C1)CC(CC(=O)O)(C3)C2. The molecule has 42 heavy (non-hydrogen) atoms. The molecular formula is C32H46N2O8. The van der Waals surface area contributed by atoms with E-state index >= 15 is 0 Å². The number of amides is 2. The van der Waals surface area contributed by atoms with Crippen molar-refractivity contribution >= 4 is 24.1 Å². The van der Waals surface area contributed by atoms with Gasteiger partial charge in [-0.05, 0) is 120 Å². The number of alkyl carbamates (subject to hydrolysis) is 1. The maximum Gasteiger partial charge on any atom is 0.514 e. The molecule has 232 valence electrons. The molecule has 0 radical (unpaired) electrons. The van der Waals surface area contributed by atoms with Gasteiger partial charge in [0.05, 0.1) is 6.42 Å². The Morgan fingerprint density at radius 1 is 0.905 bits per heavy atom. The summed E-state index contributed by atoms with van der Waals surface area (Å²) >= 11 is 0. The minimum atomic E-state index is -0.903. The third kappa shape index (κ3) is 8.61. The number of aliphatic carboxylic acids is 1. The fourth-order valence-electron chi connectivity index (χ4n) is 7.74. The van der Waals surface area contributed by atoms with Crippen molar-refractivity contribution in [1.29, 1.82) is 0 Å². The lowest BCUT2D eigenvalue weighted by molar-refractivity contribution is -0.153. The van der Waals surface area contributed by atoms with Crippen LogP contribution < -0.4 is 15.4 Å². The van der Waals surface area contributed by atoms with Crippen molar-refractivity contribution < 1.29 is 38.5 Å². The lowest BCUT2D eigenvalue weighted by Crippen LogP contribution is -2.57. The molecule has 3 N–H and O–H groups in total. The predicted molar refractivity (Wildman–Crippen MR) is 155 cm³/mol. The molecule has 1 aromatic carbocycles. The lowest BCUT2D eigenvalue weighted by atomic mass is 9.43. The molecule has 5 rings (SSSR count). The summed E-state index contributed by atoms with van der Waals surface area (Å²) in [6.07, 6.45) is 4.74. The second-order valence-corrected chi connectivity index (χ2v) is 14.9. The predicted octanol–water partition coefficient (Wildman–Crippen LogP) is 5.61. The molecule has 0 spiro atoms. The van der Waals surface area contributed by atoms with Gasteiger partial charge in [-0.1, -0.05) is 12.1 Å². The van der Waals surface area contributed by atoms with E-state index in [0.29, 0.717) is 24.1 Å². The standard InChI is InChI=1S/C32H46N2O8/c1-29(2,3)41-27(38)34-24(12-20-7-9-23(10-8-20)40-28(39)42-30(4,5)6)26(37)33-19-32-15-21-11-22(16-32)14-31(13-21,18-32)17-25(35)36/h7-10,21-22,24H,11-19H2,1-6H3,(H,33,37)(H,34,38)(H,35,36)/t21-,22+,24-,31?,32?/m0/s1. The summed E-state index contributed by atoms with van der Waals surface area (Å²) in [6, 6.07) is 5.77. The van der Waals surface area contributed by atoms with Gasteiger partial charge in [0.25, 0.3) is 0 Å². The highest BCUT2D eigenvalue weighted by molar-refractivity contribution is 5.86. The highest BCUT2D eigenvalue weighted by Gasteiger charge is 2.58. The molecule has 0 saturated heterocycles. The number of carbonyl (C=O) groups excluding carboxylic acids is 3. The van der Waals surface area contributed by atoms with E-state index in [0.717, 1.165) is 44.1 Å². The van der Waals surface area contributed by atoms with Crippen molar-refractivity contribution in [3.05, 3.63) is 29.8 Å². The monoisotopic (exact) mass is 586 g/mol. The van der Waals surface area contributed by atoms with E-state index < -0.39 is 35.5 Å². The normalized spacial score (nSPS) is 27.1. The maximum atomic E-state index is 13.6. The van der Waals surface area contributed by atoms with Gasteiger partial charge >= 0.3 is 18.2 Å². The molecule has 0 aliphatic heterocycles. The van der Waals surface area contributed by atoms with Crippen molar-refractivity contribution in [3.8, 4) is 5.75 Å². The molecule has 4 saturated carbocycles. The summed E-state index contributed by atoms with van der Waals surface area (Å²) in [5, 5.41) is 15.5. The summed E-state index contributed by atoms with van der Waals surface area (Å²) < 4.78 is 15.9. The van der Waals surface area contributed by atoms with Gasteiger partial charge in [0, 0.05) is 13.0 Å². The molecule has 2 amide bonds. The minimum Gasteiger partial charge on any atom is -0.481 e. The molecule has 4 bridgehead atoms. The van der Waals surface area contributed by atoms with Gasteiger partial charge in [-0.25, -0.2) is 9.59 Å². The van der Waals surface area contributed by atoms with Crippen LogP contribution in [0.5, 0.6) is 5.75 Å². The van der Waals surface area contributed by atoms with Crippen molar-refractivity contribution in [3.63, 3.8) is 0 Å². The highest BCUT2D eigenvalue weighted by atomic mass is 16.7. The van der Waals surface area contributed by atoms with Crippen LogP contribution in [0, 0.1) is 22.7 Å². The number of carboxylic acid groups (broad SMARTS) is 1. The molecular weight excluding hydrogens is 540 g/mol. The van der Waals surface area contributed by atoms with Crippen molar-refractivity contribution in [2.45, 2.75) is 110 Å². The Kier molecular flexibility index (Phi) is 8.86. The largest absolute Gasteiger partial charge is 0.514 e. The molecule has 4 aliphatic rings. The quantitative estimate of drug-likeness (QED) is 0.250. The lowest BCUT2D eigenvalue weighted by Gasteiger charge is -2.62. The van der Waals surface area contributed by atoms with Gasteiger partial charge in [0.2, 0.25) is 5.91 Å². The van der Waals surface area contributed by atoms with Crippen LogP contribution in [0.1, 0.15) is 92.1 Å². The molecule has 1 aromatic rings. The van der Waals surface area contributed by atoms with Crippen LogP contribution in [0.25, 0.3) is 0 Å². The van der Waals surface area contributed by atoms with Crippen LogP contribution in [0.2, 0.25) is 0 Å². The number of carbonyl (C=O) groups is 4. The molecule has 10 nitrogen and oxygen atoms in total. The summed E-state index contributed by atoms with van der Waals surface area (Å²) in [5.74, 6) is 0.226. The van der Waals surface area contributed by atoms with Crippen molar-refractivity contribution in [2.75, 3.05) is 6.54 Å². The van der Waals surface area contributed by atoms with Gasteiger partial charge in [-0.3, -0.25) is 9.59 Å². The molecule has 5 atom stereocenters. The zero-order chi connectivity index (χ0) is 30.9. The first-order valence-corrected chi connectivity index (χ1v) is 14.9. The Balaban J connectivity index is 1.43. The van der Waals surface area contributed by atoms with Gasteiger partial charge in [-0.2, -0.15) is 0 Å². The Labute approximate surface area is 248 Å². The van der Waals surface area contributed by atoms with E-state index in [9.17, 15) is 24.3 Å². The number of hydrogen-bond donors (Lipinski definition) is 3. The molecule has 4 fully saturated rings. The number of ether oxygens (including phenoxy) is 3. The van der Waals surface area contributed by atoms with E-state index in [4.69, 9.17) is 14.2 Å². The van der Waals surface area contributed by atoms with Gasteiger partial charge in [0.1, 0.15) is 23.0 Å². The minimum absolute atomic E-state index is 0.119. The van der Waals surface area contributed by atoms with E-state index in [1.165, 1.54) is 0 Å². The van der Waals surface area contributed by atoms with E-state index in [1.807, 2.05) is 0 Å². The molecule has 4 aliphatic carbocycles. The van der Waals surface area contributed by atoms with Crippen LogP contribution in [-0.4, -0.2) is 53.0 Å². The smallest absolute Gasteiger partial charge is 0.481 e. The van der Waals surface area contributed by atoms with Gasteiger partial charge < -0.3 is 30.0 Å². The zero-order valence-corrected chi connectivity index (χ0v) is 25.7. The van der Waals surface area contributed by atoms with E-state index in [-0.39, 0.29) is 29.6 Å². The van der Waals surface area contributed by atoms with Gasteiger partial charge in [0.15, 0.2) is 0 Å². The van der Waals surface area contributed by atoms with Gasteiger partial charge in [-0.15, -0.1) is 0 Å². The fraction of sp³-hybridized carbons (Fsp3) is 0.688. The second kappa shape index (κ2) is 11.8. The number of nitrogens with one attached hydrogen (secondary N) is 2. The summed E-state index contributed by atoms with van der Waals surface area (Å²) in [7, 11) is 0. The third-order valence-corrected chi connectivity index (χ3v) is 8.43. The third-order valence-electron chi connectivity index (χ3n) is 8.43. The maximum absolute atomic E-state index is 13.6. The number of hydrogen-bond acceptors (Lipinski definition) is 7. The Hall–Kier alpha value is -3.30. The second-order valence-electron chi connectivity index (χ2n) is 14.9. The zero-order valence-electron chi connectivity index (χ0n) is 25.7. The fourth-order valence-corrected chi connectivity index (χ4v) is 7.74. The average Bonchev–Trinajstić information content (AvgIpc) is 2.79. The summed E-state index contributed by atoms with van der Waals surface area (Å²) in [6.45, 7) is 11.0. The molecule has 2 unspecified atom stereocenters. The van der Waals surface area contributed by atoms with Crippen LogP contribution in [0.4, 0.5) is 9.59 Å². The van der Waals surface area contributed by atoms with Crippen LogP contribution in [0.3, 0.4) is 0 Å². The Bertz CT molecular complexity index is 1170. The first-order chi connectivity index (χ1) is 19.4. The highest BCUT2D eigenvalue weighted by Crippen LogP contribution is 2.66. The molecule has 0 aromatic heterocycles. The number of rotatable bonds is 9. The molecule has 10 heteroatoms. The van der Waals surface area contributed by atoms with Crippen LogP contribution >= 0.6 is 0 Å². The summed E-state index contributed by atoms with van der Waals surface area (Å²) in [5.41, 5.74) is -0.969. The first kappa shape index (κ1) is 31.6. The summed E-state index contributed by atoms with van der Waals surface area (Å²) in [4.78, 5) is 50.0. The van der Waals surface area contributed by atoms with E-state index in [1.54, 1.807) is 65.8 Å².